The summed E-state index contributed by atoms with van der Waals surface area (Å²) in [6.45, 7) is 13.5. The molecule has 4 aliphatic heterocycles. The van der Waals surface area contributed by atoms with E-state index in [0.717, 1.165) is 32.1 Å². The van der Waals surface area contributed by atoms with E-state index in [1.54, 1.807) is 0 Å². The first-order chi connectivity index (χ1) is 36.0. The van der Waals surface area contributed by atoms with Gasteiger partial charge in [-0.25, -0.2) is 0 Å². The zero-order valence-electron chi connectivity index (χ0n) is 45.3. The van der Waals surface area contributed by atoms with Gasteiger partial charge < -0.3 is 109 Å². The number of hydrogen-bond acceptors (Lipinski definition) is 23. The molecule has 28 unspecified atom stereocenters. The third kappa shape index (κ3) is 10.00. The molecule has 23 nitrogen and oxygen atoms in total. The molecule has 442 valence electrons. The van der Waals surface area contributed by atoms with Crippen molar-refractivity contribution in [3.8, 4) is 0 Å². The van der Waals surface area contributed by atoms with E-state index in [1.165, 1.54) is 5.57 Å². The van der Waals surface area contributed by atoms with E-state index >= 15 is 4.79 Å². The molecule has 9 aliphatic rings. The van der Waals surface area contributed by atoms with Crippen LogP contribution in [-0.4, -0.2) is 233 Å². The highest BCUT2D eigenvalue weighted by molar-refractivity contribution is 5.79. The Morgan fingerprint density at radius 1 is 0.532 bits per heavy atom. The van der Waals surface area contributed by atoms with Crippen molar-refractivity contribution >= 4 is 5.97 Å². The van der Waals surface area contributed by atoms with Gasteiger partial charge in [-0.3, -0.25) is 4.79 Å². The number of esters is 1. The van der Waals surface area contributed by atoms with Gasteiger partial charge in [0.2, 0.25) is 6.29 Å². The zero-order valence-corrected chi connectivity index (χ0v) is 45.3. The molecule has 4 saturated carbocycles. The number of aliphatic hydroxyl groups is 14. The summed E-state index contributed by atoms with van der Waals surface area (Å²) < 4.78 is 47.0. The van der Waals surface area contributed by atoms with Crippen molar-refractivity contribution in [2.75, 3.05) is 26.4 Å². The number of rotatable bonds is 12. The van der Waals surface area contributed by atoms with Crippen LogP contribution in [-0.2, 0) is 42.7 Å². The van der Waals surface area contributed by atoms with Gasteiger partial charge >= 0.3 is 5.97 Å². The summed E-state index contributed by atoms with van der Waals surface area (Å²) in [5, 5.41) is 148. The first-order valence-corrected chi connectivity index (χ1v) is 27.8. The largest absolute Gasteiger partial charge is 0.432 e. The summed E-state index contributed by atoms with van der Waals surface area (Å²) in [5.41, 5.74) is -1.12. The van der Waals surface area contributed by atoms with Gasteiger partial charge in [-0.15, -0.1) is 0 Å². The minimum Gasteiger partial charge on any atom is -0.432 e. The minimum absolute atomic E-state index is 0.133. The van der Waals surface area contributed by atoms with Crippen molar-refractivity contribution in [2.45, 2.75) is 242 Å². The van der Waals surface area contributed by atoms with Crippen molar-refractivity contribution in [1.82, 2.24) is 0 Å². The molecular weight excluding hydrogens is 1020 g/mol. The molecule has 0 aromatic rings. The van der Waals surface area contributed by atoms with Gasteiger partial charge in [0.05, 0.1) is 37.9 Å². The average molecular weight is 1110 g/mol. The van der Waals surface area contributed by atoms with E-state index in [9.17, 15) is 71.5 Å². The Morgan fingerprint density at radius 3 is 1.53 bits per heavy atom. The van der Waals surface area contributed by atoms with Crippen LogP contribution in [0.4, 0.5) is 0 Å². The van der Waals surface area contributed by atoms with Gasteiger partial charge in [0.15, 0.2) is 18.9 Å². The Balaban J connectivity index is 0.897. The second kappa shape index (κ2) is 21.8. The van der Waals surface area contributed by atoms with Crippen LogP contribution < -0.4 is 0 Å². The number of aliphatic hydroxyl groups excluding tert-OH is 14. The molecule has 14 N–H and O–H groups in total. The maximum Gasteiger partial charge on any atom is 0.315 e. The first-order valence-electron chi connectivity index (χ1n) is 27.8. The first kappa shape index (κ1) is 60.0. The highest BCUT2D eigenvalue weighted by atomic mass is 16.8. The van der Waals surface area contributed by atoms with E-state index in [-0.39, 0.29) is 39.4 Å². The summed E-state index contributed by atoms with van der Waals surface area (Å²) in [6.07, 6.45) is -23.0. The van der Waals surface area contributed by atoms with Crippen LogP contribution in [0.3, 0.4) is 0 Å². The van der Waals surface area contributed by atoms with Crippen molar-refractivity contribution in [1.29, 1.82) is 0 Å². The Hall–Kier alpha value is -1.63. The van der Waals surface area contributed by atoms with Gasteiger partial charge in [0.25, 0.3) is 0 Å². The molecule has 0 radical (unpaired) electrons. The highest BCUT2D eigenvalue weighted by Crippen LogP contribution is 2.76. The summed E-state index contributed by atoms with van der Waals surface area (Å²) in [5.74, 6) is -0.449. The van der Waals surface area contributed by atoms with Gasteiger partial charge in [-0.05, 0) is 109 Å². The smallest absolute Gasteiger partial charge is 0.315 e. The maximum atomic E-state index is 15.1. The Kier molecular flexibility index (Phi) is 17.0. The average Bonchev–Trinajstić information content (AvgIpc) is 3.49. The van der Waals surface area contributed by atoms with E-state index in [0.29, 0.717) is 32.1 Å². The molecule has 4 saturated heterocycles. The van der Waals surface area contributed by atoms with E-state index in [2.05, 4.69) is 54.5 Å². The summed E-state index contributed by atoms with van der Waals surface area (Å²) in [6, 6.07) is 0. The SMILES string of the molecule is CC1(C)CCC2(C(=O)OC3OC(COC4OC(CO)C(O)C(O)C4O)C(O)C(O)C3O)CCC3(C)C(=CCC4C5(C)CCC(OC6OC(COC7OC(CO)C(O)C(O)C7O)C(O)C(O)C6O)C(C)(C)C5CCC43C)C2C1. The fourth-order valence-corrected chi connectivity index (χ4v) is 16.3. The minimum atomic E-state index is -1.83. The van der Waals surface area contributed by atoms with Crippen molar-refractivity contribution < 1.29 is 114 Å². The summed E-state index contributed by atoms with van der Waals surface area (Å²) in [7, 11) is 0. The standard InChI is InChI=1S/C54H88O23/c1-49(2)14-16-54(48(69)77-47-43(68)39(64)35(60)28(75-47)22-71-45-41(66)37(62)33(58)26(20-56)73-45)17-15-52(6)23(24(54)18-49)8-9-30-51(5)12-11-31(50(3,4)29(51)10-13-53(30,52)7)76-46-42(67)38(63)34(59)27(74-46)21-70-44-40(65)36(61)32(57)25(19-55)72-44/h8,24-47,55-68H,9-22H2,1-7H3. The molecule has 4 heterocycles. The molecule has 5 aliphatic carbocycles. The van der Waals surface area contributed by atoms with E-state index in [4.69, 9.17) is 37.9 Å². The molecular formula is C54H88O23. The Bertz CT molecular complexity index is 2110. The lowest BCUT2D eigenvalue weighted by atomic mass is 9.33. The second-order valence-corrected chi connectivity index (χ2v) is 26.4. The highest BCUT2D eigenvalue weighted by Gasteiger charge is 2.70. The third-order valence-electron chi connectivity index (χ3n) is 21.4. The van der Waals surface area contributed by atoms with Gasteiger partial charge in [0.1, 0.15) is 97.7 Å². The molecule has 8 fully saturated rings. The van der Waals surface area contributed by atoms with Gasteiger partial charge in [-0.2, -0.15) is 0 Å². The summed E-state index contributed by atoms with van der Waals surface area (Å²) >= 11 is 0. The quantitative estimate of drug-likeness (QED) is 0.0569. The molecule has 23 heteroatoms. The number of carbonyl (C=O) groups is 1. The fourth-order valence-electron chi connectivity index (χ4n) is 16.3. The molecule has 0 bridgehead atoms. The van der Waals surface area contributed by atoms with Crippen LogP contribution >= 0.6 is 0 Å². The van der Waals surface area contributed by atoms with E-state index < -0.39 is 172 Å². The van der Waals surface area contributed by atoms with Gasteiger partial charge in [-0.1, -0.05) is 60.1 Å². The maximum absolute atomic E-state index is 15.1. The summed E-state index contributed by atoms with van der Waals surface area (Å²) in [4.78, 5) is 15.1. The number of fused-ring (bicyclic) bond motifs is 7. The number of ether oxygens (including phenoxy) is 8. The number of hydrogen-bond donors (Lipinski definition) is 14. The topological polar surface area (TPSA) is 374 Å². The Morgan fingerprint density at radius 2 is 1.00 bits per heavy atom. The van der Waals surface area contributed by atoms with Gasteiger partial charge in [0, 0.05) is 0 Å². The molecule has 0 aromatic heterocycles. The van der Waals surface area contributed by atoms with Crippen LogP contribution in [0, 0.1) is 50.2 Å². The molecule has 28 atom stereocenters. The fraction of sp³-hybridized carbons (Fsp3) is 0.944. The van der Waals surface area contributed by atoms with Crippen LogP contribution in [0.2, 0.25) is 0 Å². The lowest BCUT2D eigenvalue weighted by molar-refractivity contribution is -0.345. The second-order valence-electron chi connectivity index (χ2n) is 26.4. The van der Waals surface area contributed by atoms with Crippen molar-refractivity contribution in [2.24, 2.45) is 50.2 Å². The van der Waals surface area contributed by atoms with Crippen molar-refractivity contribution in [3.63, 3.8) is 0 Å². The third-order valence-corrected chi connectivity index (χ3v) is 21.4. The lowest BCUT2D eigenvalue weighted by Crippen LogP contribution is -2.66. The molecule has 9 rings (SSSR count). The van der Waals surface area contributed by atoms with Crippen LogP contribution in [0.1, 0.15) is 113 Å². The van der Waals surface area contributed by atoms with Crippen LogP contribution in [0.25, 0.3) is 0 Å². The van der Waals surface area contributed by atoms with Crippen LogP contribution in [0.5, 0.6) is 0 Å². The van der Waals surface area contributed by atoms with E-state index in [1.807, 2.05) is 0 Å². The lowest BCUT2D eigenvalue weighted by Gasteiger charge is -2.71. The predicted octanol–water partition coefficient (Wildman–Crippen LogP) is -2.04. The van der Waals surface area contributed by atoms with Crippen LogP contribution in [0.15, 0.2) is 11.6 Å². The normalized spacial score (nSPS) is 53.4. The number of carbonyl (C=O) groups excluding carboxylic acids is 1. The molecule has 0 spiro atoms. The van der Waals surface area contributed by atoms with Crippen molar-refractivity contribution in [3.05, 3.63) is 11.6 Å². The molecule has 77 heavy (non-hydrogen) atoms. The predicted molar refractivity (Wildman–Crippen MR) is 263 cm³/mol. The Labute approximate surface area is 449 Å². The number of allylic oxidation sites excluding steroid dienone is 2. The molecule has 0 aromatic carbocycles. The zero-order chi connectivity index (χ0) is 56.3. The monoisotopic (exact) mass is 1100 g/mol. The molecule has 0 amide bonds.